The van der Waals surface area contributed by atoms with E-state index in [9.17, 15) is 4.79 Å². The number of fused-ring (bicyclic) bond motifs is 1. The first-order valence-electron chi connectivity index (χ1n) is 8.70. The zero-order valence-corrected chi connectivity index (χ0v) is 14.9. The molecule has 134 valence electrons. The van der Waals surface area contributed by atoms with Crippen LogP contribution in [0.5, 0.6) is 5.75 Å². The number of aromatic nitrogens is 2. The highest BCUT2D eigenvalue weighted by Crippen LogP contribution is 2.34. The fourth-order valence-electron chi connectivity index (χ4n) is 2.95. The van der Waals surface area contributed by atoms with E-state index < -0.39 is 6.10 Å². The third-order valence-electron chi connectivity index (χ3n) is 4.38. The van der Waals surface area contributed by atoms with E-state index in [4.69, 9.17) is 9.26 Å². The highest BCUT2D eigenvalue weighted by molar-refractivity contribution is 5.83. The van der Waals surface area contributed by atoms with Gasteiger partial charge in [0.1, 0.15) is 5.75 Å². The molecule has 1 aliphatic rings. The van der Waals surface area contributed by atoms with Crippen LogP contribution in [0, 0.1) is 6.92 Å². The molecule has 1 aromatic carbocycles. The number of rotatable bonds is 6. The van der Waals surface area contributed by atoms with Crippen molar-refractivity contribution < 1.29 is 14.1 Å². The summed E-state index contributed by atoms with van der Waals surface area (Å²) >= 11 is 0. The van der Waals surface area contributed by atoms with Crippen molar-refractivity contribution in [3.63, 3.8) is 0 Å². The van der Waals surface area contributed by atoms with E-state index in [1.165, 1.54) is 0 Å². The number of anilines is 1. The van der Waals surface area contributed by atoms with E-state index in [1.54, 1.807) is 6.92 Å². The summed E-state index contributed by atoms with van der Waals surface area (Å²) in [4.78, 5) is 18.9. The molecule has 1 aromatic heterocycles. The molecule has 25 heavy (non-hydrogen) atoms. The first-order valence-corrected chi connectivity index (χ1v) is 8.70. The number of nitrogens with one attached hydrogen (secondary N) is 1. The number of carbonyl (C=O) groups is 1. The Kier molecular flexibility index (Phi) is 5.21. The lowest BCUT2D eigenvalue weighted by Gasteiger charge is -2.35. The maximum Gasteiger partial charge on any atom is 0.263 e. The molecular formula is C18H24N4O3. The zero-order valence-electron chi connectivity index (χ0n) is 14.9. The molecule has 0 bridgehead atoms. The zero-order chi connectivity index (χ0) is 17.8. The van der Waals surface area contributed by atoms with E-state index in [0.717, 1.165) is 18.5 Å². The molecule has 0 saturated carbocycles. The van der Waals surface area contributed by atoms with Crippen molar-refractivity contribution in [1.29, 1.82) is 0 Å². The molecule has 1 amide bonds. The monoisotopic (exact) mass is 344 g/mol. The average molecular weight is 344 g/mol. The molecule has 1 aliphatic heterocycles. The number of para-hydroxylation sites is 2. The molecule has 0 spiro atoms. The predicted molar refractivity (Wildman–Crippen MR) is 93.5 cm³/mol. The van der Waals surface area contributed by atoms with E-state index in [0.29, 0.717) is 30.6 Å². The van der Waals surface area contributed by atoms with E-state index in [2.05, 4.69) is 29.3 Å². The fraction of sp³-hybridized carbons (Fsp3) is 0.500. The number of ether oxygens (including phenoxy) is 1. The Labute approximate surface area is 147 Å². The summed E-state index contributed by atoms with van der Waals surface area (Å²) in [5.74, 6) is 1.72. The van der Waals surface area contributed by atoms with Crippen LogP contribution in [0.3, 0.4) is 0 Å². The summed E-state index contributed by atoms with van der Waals surface area (Å²) in [5.41, 5.74) is 0.921. The molecule has 7 heteroatoms. The largest absolute Gasteiger partial charge is 0.477 e. The van der Waals surface area contributed by atoms with E-state index in [-0.39, 0.29) is 11.9 Å². The van der Waals surface area contributed by atoms with Crippen LogP contribution in [0.1, 0.15) is 38.4 Å². The number of benzene rings is 1. The quantitative estimate of drug-likeness (QED) is 0.867. The van der Waals surface area contributed by atoms with Gasteiger partial charge in [-0.1, -0.05) is 31.1 Å². The third-order valence-corrected chi connectivity index (χ3v) is 4.38. The van der Waals surface area contributed by atoms with E-state index >= 15 is 0 Å². The van der Waals surface area contributed by atoms with Crippen molar-refractivity contribution in [2.75, 3.05) is 11.4 Å². The van der Waals surface area contributed by atoms with Gasteiger partial charge < -0.3 is 19.5 Å². The van der Waals surface area contributed by atoms with Gasteiger partial charge in [-0.2, -0.15) is 4.98 Å². The molecule has 0 fully saturated rings. The van der Waals surface area contributed by atoms with Crippen molar-refractivity contribution in [1.82, 2.24) is 15.5 Å². The average Bonchev–Trinajstić information content (AvgIpc) is 3.04. The summed E-state index contributed by atoms with van der Waals surface area (Å²) in [7, 11) is 0. The highest BCUT2D eigenvalue weighted by Gasteiger charge is 2.32. The summed E-state index contributed by atoms with van der Waals surface area (Å²) < 4.78 is 11.2. The van der Waals surface area contributed by atoms with Gasteiger partial charge in [-0.05, 0) is 31.9 Å². The minimum absolute atomic E-state index is 0.0880. The van der Waals surface area contributed by atoms with Crippen molar-refractivity contribution in [3.05, 3.63) is 36.0 Å². The second kappa shape index (κ2) is 7.55. The van der Waals surface area contributed by atoms with Gasteiger partial charge in [-0.3, -0.25) is 4.79 Å². The van der Waals surface area contributed by atoms with E-state index in [1.807, 2.05) is 29.2 Å². The standard InChI is InChI=1S/C18H24N4O3/c1-4-13(5-2)20-18(23)16-10-22(11-17-19-12(3)21-25-17)14-8-6-7-9-15(14)24-16/h6-9,13,16H,4-5,10-11H2,1-3H3,(H,20,23)/t16-/m1/s1. The Bertz CT molecular complexity index is 727. The lowest BCUT2D eigenvalue weighted by atomic mass is 10.1. The van der Waals surface area contributed by atoms with Gasteiger partial charge in [0.15, 0.2) is 11.9 Å². The lowest BCUT2D eigenvalue weighted by Crippen LogP contribution is -2.51. The molecule has 1 atom stereocenters. The van der Waals surface area contributed by atoms with Crippen molar-refractivity contribution in [2.45, 2.75) is 52.3 Å². The number of hydrogen-bond donors (Lipinski definition) is 1. The smallest absolute Gasteiger partial charge is 0.263 e. The third kappa shape index (κ3) is 3.92. The number of aryl methyl sites for hydroxylation is 1. The Morgan fingerprint density at radius 1 is 1.36 bits per heavy atom. The van der Waals surface area contributed by atoms with Gasteiger partial charge in [-0.15, -0.1) is 0 Å². The molecule has 0 aliphatic carbocycles. The summed E-state index contributed by atoms with van der Waals surface area (Å²) in [6, 6.07) is 7.85. The normalized spacial score (nSPS) is 16.5. The topological polar surface area (TPSA) is 80.5 Å². The van der Waals surface area contributed by atoms with Gasteiger partial charge in [0.05, 0.1) is 18.8 Å². The molecule has 2 aromatic rings. The number of nitrogens with zero attached hydrogens (tertiary/aromatic N) is 3. The summed E-state index contributed by atoms with van der Waals surface area (Å²) in [6.45, 7) is 6.79. The van der Waals surface area contributed by atoms with Crippen LogP contribution in [0.2, 0.25) is 0 Å². The van der Waals surface area contributed by atoms with Gasteiger partial charge in [-0.25, -0.2) is 0 Å². The predicted octanol–water partition coefficient (Wildman–Crippen LogP) is 2.45. The SMILES string of the molecule is CCC(CC)NC(=O)[C@H]1CN(Cc2nc(C)no2)c2ccccc2O1. The minimum Gasteiger partial charge on any atom is -0.477 e. The van der Waals surface area contributed by atoms with Crippen LogP contribution in [0.15, 0.2) is 28.8 Å². The molecule has 0 saturated heterocycles. The number of hydrogen-bond acceptors (Lipinski definition) is 6. The minimum atomic E-state index is -0.570. The first kappa shape index (κ1) is 17.3. The van der Waals surface area contributed by atoms with Crippen LogP contribution >= 0.6 is 0 Å². The Morgan fingerprint density at radius 3 is 2.80 bits per heavy atom. The van der Waals surface area contributed by atoms with Crippen molar-refractivity contribution in [2.24, 2.45) is 0 Å². The second-order valence-electron chi connectivity index (χ2n) is 6.21. The Balaban J connectivity index is 1.79. The van der Waals surface area contributed by atoms with Crippen LogP contribution in [-0.4, -0.2) is 34.7 Å². The Hall–Kier alpha value is -2.57. The maximum absolute atomic E-state index is 12.6. The second-order valence-corrected chi connectivity index (χ2v) is 6.21. The number of amides is 1. The van der Waals surface area contributed by atoms with Crippen LogP contribution in [0.25, 0.3) is 0 Å². The van der Waals surface area contributed by atoms with Crippen LogP contribution < -0.4 is 15.0 Å². The van der Waals surface area contributed by atoms with Gasteiger partial charge in [0, 0.05) is 6.04 Å². The molecule has 1 N–H and O–H groups in total. The number of carbonyl (C=O) groups excluding carboxylic acids is 1. The van der Waals surface area contributed by atoms with Gasteiger partial charge >= 0.3 is 0 Å². The molecule has 2 heterocycles. The first-order chi connectivity index (χ1) is 12.1. The van der Waals surface area contributed by atoms with Crippen molar-refractivity contribution in [3.8, 4) is 5.75 Å². The van der Waals surface area contributed by atoms with Crippen molar-refractivity contribution >= 4 is 11.6 Å². The Morgan fingerprint density at radius 2 is 2.12 bits per heavy atom. The summed E-state index contributed by atoms with van der Waals surface area (Å²) in [5, 5.41) is 6.89. The van der Waals surface area contributed by atoms with Crippen LogP contribution in [0.4, 0.5) is 5.69 Å². The molecule has 0 unspecified atom stereocenters. The molecular weight excluding hydrogens is 320 g/mol. The molecule has 7 nitrogen and oxygen atoms in total. The maximum atomic E-state index is 12.6. The van der Waals surface area contributed by atoms with Gasteiger partial charge in [0.25, 0.3) is 5.91 Å². The molecule has 3 rings (SSSR count). The fourth-order valence-corrected chi connectivity index (χ4v) is 2.95. The lowest BCUT2D eigenvalue weighted by molar-refractivity contribution is -0.128. The highest BCUT2D eigenvalue weighted by atomic mass is 16.5. The summed E-state index contributed by atoms with van der Waals surface area (Å²) in [6.07, 6.45) is 1.23. The van der Waals surface area contributed by atoms with Gasteiger partial charge in [0.2, 0.25) is 5.89 Å². The van der Waals surface area contributed by atoms with Crippen LogP contribution in [-0.2, 0) is 11.3 Å². The molecule has 0 radical (unpaired) electrons.